The minimum absolute atomic E-state index is 0.00520. The molecule has 8 heteroatoms. The summed E-state index contributed by atoms with van der Waals surface area (Å²) in [7, 11) is 0. The summed E-state index contributed by atoms with van der Waals surface area (Å²) in [6.07, 6.45) is 4.80. The molecule has 3 heterocycles. The molecule has 1 spiro atoms. The van der Waals surface area contributed by atoms with E-state index in [0.717, 1.165) is 24.0 Å². The fourth-order valence-electron chi connectivity index (χ4n) is 5.73. The van der Waals surface area contributed by atoms with Gasteiger partial charge in [-0.3, -0.25) is 14.4 Å². The van der Waals surface area contributed by atoms with E-state index in [1.807, 2.05) is 55.5 Å². The van der Waals surface area contributed by atoms with Crippen LogP contribution in [-0.4, -0.2) is 46.4 Å². The van der Waals surface area contributed by atoms with Crippen LogP contribution in [0.25, 0.3) is 0 Å². The second kappa shape index (κ2) is 8.21. The number of ether oxygens (including phenoxy) is 1. The summed E-state index contributed by atoms with van der Waals surface area (Å²) in [5, 5.41) is 6.46. The third kappa shape index (κ3) is 3.56. The Morgan fingerprint density at radius 2 is 1.91 bits per heavy atom. The maximum absolute atomic E-state index is 13.7. The highest BCUT2D eigenvalue weighted by atomic mass is 35.5. The number of benzene rings is 2. The summed E-state index contributed by atoms with van der Waals surface area (Å²) in [6, 6.07) is 14.2. The van der Waals surface area contributed by atoms with E-state index in [-0.39, 0.29) is 23.8 Å². The van der Waals surface area contributed by atoms with Crippen molar-refractivity contribution in [1.82, 2.24) is 10.2 Å². The molecule has 7 nitrogen and oxygen atoms in total. The fraction of sp³-hybridized carbons (Fsp3) is 0.370. The molecule has 4 aliphatic rings. The molecule has 35 heavy (non-hydrogen) atoms. The minimum atomic E-state index is -1.14. The van der Waals surface area contributed by atoms with Gasteiger partial charge in [0.2, 0.25) is 17.7 Å². The van der Waals surface area contributed by atoms with Crippen molar-refractivity contribution < 1.29 is 19.1 Å². The Bertz CT molecular complexity index is 1240. The van der Waals surface area contributed by atoms with Crippen LogP contribution in [-0.2, 0) is 25.7 Å². The van der Waals surface area contributed by atoms with Crippen LogP contribution in [0.5, 0.6) is 0 Å². The number of aryl methyl sites for hydroxylation is 1. The van der Waals surface area contributed by atoms with Crippen molar-refractivity contribution in [3.8, 4) is 0 Å². The Kier molecular flexibility index (Phi) is 5.23. The molecule has 3 amide bonds. The van der Waals surface area contributed by atoms with Crippen LogP contribution in [0.15, 0.2) is 60.7 Å². The number of carbonyl (C=O) groups excluding carboxylic acids is 3. The fourth-order valence-corrected chi connectivity index (χ4v) is 5.91. The number of likely N-dealkylation sites (tertiary alicyclic amines) is 1. The molecule has 1 aliphatic carbocycles. The average Bonchev–Trinajstić information content (AvgIpc) is 3.45. The van der Waals surface area contributed by atoms with Gasteiger partial charge >= 0.3 is 0 Å². The van der Waals surface area contributed by atoms with Crippen LogP contribution in [0, 0.1) is 18.8 Å². The van der Waals surface area contributed by atoms with Crippen LogP contribution in [0.2, 0.25) is 5.02 Å². The lowest BCUT2D eigenvalue weighted by atomic mass is 9.74. The second-order valence-electron chi connectivity index (χ2n) is 9.83. The van der Waals surface area contributed by atoms with Gasteiger partial charge in [-0.2, -0.15) is 0 Å². The number of hydrogen-bond acceptors (Lipinski definition) is 4. The SMILES string of the molecule is Cc1ccc(NC(=O)[C@@H]2[C@H]3C=C[C@]4(O3)[C@H](C(=O)NCc3ccccc3)N(C3CC3)C(=O)[C@@H]24)cc1Cl. The van der Waals surface area contributed by atoms with Crippen LogP contribution in [0.1, 0.15) is 24.0 Å². The van der Waals surface area contributed by atoms with Crippen LogP contribution < -0.4 is 10.6 Å². The van der Waals surface area contributed by atoms with E-state index in [2.05, 4.69) is 10.6 Å². The van der Waals surface area contributed by atoms with E-state index < -0.39 is 29.6 Å². The van der Waals surface area contributed by atoms with E-state index in [1.165, 1.54) is 0 Å². The number of rotatable bonds is 6. The standard InChI is InChI=1S/C27H26ClN3O4/c1-15-7-8-17(13-19(15)28)30-24(32)21-20-11-12-27(35-20)22(21)26(34)31(18-9-10-18)23(27)25(33)29-14-16-5-3-2-4-6-16/h2-8,11-13,18,20-23H,9-10,14H2,1H3,(H,29,33)(H,30,32)/t20-,21-,22-,23+,27-/m1/s1. The monoisotopic (exact) mass is 491 g/mol. The van der Waals surface area contributed by atoms with Gasteiger partial charge in [0.05, 0.1) is 17.9 Å². The second-order valence-corrected chi connectivity index (χ2v) is 10.2. The molecule has 1 saturated carbocycles. The van der Waals surface area contributed by atoms with Gasteiger partial charge in [-0.15, -0.1) is 0 Å². The van der Waals surface area contributed by atoms with Gasteiger partial charge in [0.1, 0.15) is 11.6 Å². The Morgan fingerprint density at radius 3 is 2.63 bits per heavy atom. The summed E-state index contributed by atoms with van der Waals surface area (Å²) in [5.41, 5.74) is 1.30. The molecule has 3 aliphatic heterocycles. The Balaban J connectivity index is 1.28. The largest absolute Gasteiger partial charge is 0.359 e. The van der Waals surface area contributed by atoms with E-state index in [4.69, 9.17) is 16.3 Å². The van der Waals surface area contributed by atoms with Gasteiger partial charge < -0.3 is 20.3 Å². The van der Waals surface area contributed by atoms with Crippen LogP contribution in [0.3, 0.4) is 0 Å². The van der Waals surface area contributed by atoms with E-state index >= 15 is 0 Å². The van der Waals surface area contributed by atoms with Gasteiger partial charge in [-0.05, 0) is 43.0 Å². The van der Waals surface area contributed by atoms with Crippen molar-refractivity contribution in [3.63, 3.8) is 0 Å². The summed E-state index contributed by atoms with van der Waals surface area (Å²) >= 11 is 6.23. The molecule has 0 radical (unpaired) electrons. The van der Waals surface area contributed by atoms with Crippen molar-refractivity contribution in [2.24, 2.45) is 11.8 Å². The van der Waals surface area contributed by atoms with Crippen molar-refractivity contribution in [2.45, 2.75) is 50.1 Å². The maximum atomic E-state index is 13.7. The predicted octanol–water partition coefficient (Wildman–Crippen LogP) is 3.22. The zero-order chi connectivity index (χ0) is 24.3. The Morgan fingerprint density at radius 1 is 1.14 bits per heavy atom. The van der Waals surface area contributed by atoms with E-state index in [0.29, 0.717) is 17.3 Å². The Labute approximate surface area is 208 Å². The van der Waals surface area contributed by atoms with Crippen molar-refractivity contribution in [3.05, 3.63) is 76.8 Å². The maximum Gasteiger partial charge on any atom is 0.246 e. The molecule has 2 N–H and O–H groups in total. The van der Waals surface area contributed by atoms with Crippen LogP contribution in [0.4, 0.5) is 5.69 Å². The van der Waals surface area contributed by atoms with Crippen LogP contribution >= 0.6 is 11.6 Å². The van der Waals surface area contributed by atoms with Gasteiger partial charge in [-0.25, -0.2) is 0 Å². The first kappa shape index (κ1) is 22.3. The molecule has 5 atom stereocenters. The van der Waals surface area contributed by atoms with Crippen molar-refractivity contribution >= 4 is 35.0 Å². The smallest absolute Gasteiger partial charge is 0.246 e. The summed E-state index contributed by atoms with van der Waals surface area (Å²) in [4.78, 5) is 42.4. The van der Waals surface area contributed by atoms with E-state index in [1.54, 1.807) is 17.0 Å². The average molecular weight is 492 g/mol. The molecular formula is C27H26ClN3O4. The zero-order valence-corrected chi connectivity index (χ0v) is 20.0. The van der Waals surface area contributed by atoms with Crippen molar-refractivity contribution in [2.75, 3.05) is 5.32 Å². The topological polar surface area (TPSA) is 87.7 Å². The highest BCUT2D eigenvalue weighted by Crippen LogP contribution is 2.57. The normalized spacial score (nSPS) is 30.5. The highest BCUT2D eigenvalue weighted by Gasteiger charge is 2.74. The molecule has 3 fully saturated rings. The van der Waals surface area contributed by atoms with Gasteiger partial charge in [0.15, 0.2) is 0 Å². The van der Waals surface area contributed by atoms with Gasteiger partial charge in [0, 0.05) is 23.3 Å². The third-order valence-corrected chi connectivity index (χ3v) is 7.96. The van der Waals surface area contributed by atoms with E-state index in [9.17, 15) is 14.4 Å². The third-order valence-electron chi connectivity index (χ3n) is 7.55. The zero-order valence-electron chi connectivity index (χ0n) is 19.2. The summed E-state index contributed by atoms with van der Waals surface area (Å²) in [5.74, 6) is -2.21. The molecule has 2 bridgehead atoms. The van der Waals surface area contributed by atoms with Crippen molar-refractivity contribution in [1.29, 1.82) is 0 Å². The predicted molar refractivity (Wildman–Crippen MR) is 130 cm³/mol. The molecular weight excluding hydrogens is 466 g/mol. The number of halogens is 1. The molecule has 2 aromatic carbocycles. The van der Waals surface area contributed by atoms with Gasteiger partial charge in [-0.1, -0.05) is 60.2 Å². The molecule has 0 aromatic heterocycles. The minimum Gasteiger partial charge on any atom is -0.359 e. The summed E-state index contributed by atoms with van der Waals surface area (Å²) < 4.78 is 6.34. The Hall–Kier alpha value is -3.16. The number of hydrogen-bond donors (Lipinski definition) is 2. The summed E-state index contributed by atoms with van der Waals surface area (Å²) in [6.45, 7) is 2.24. The highest BCUT2D eigenvalue weighted by molar-refractivity contribution is 6.31. The first-order valence-electron chi connectivity index (χ1n) is 12.0. The molecule has 2 saturated heterocycles. The number of carbonyl (C=O) groups is 3. The lowest BCUT2D eigenvalue weighted by Crippen LogP contribution is -2.55. The molecule has 0 unspecified atom stereocenters. The number of nitrogens with one attached hydrogen (secondary N) is 2. The number of amides is 3. The first-order valence-corrected chi connectivity index (χ1v) is 12.3. The molecule has 2 aromatic rings. The lowest BCUT2D eigenvalue weighted by Gasteiger charge is -2.32. The molecule has 180 valence electrons. The quantitative estimate of drug-likeness (QED) is 0.607. The lowest BCUT2D eigenvalue weighted by molar-refractivity contribution is -0.141. The number of fused-ring (bicyclic) bond motifs is 1. The number of anilines is 1. The number of nitrogens with zero attached hydrogens (tertiary/aromatic N) is 1. The first-order chi connectivity index (χ1) is 16.9. The molecule has 6 rings (SSSR count). The van der Waals surface area contributed by atoms with Gasteiger partial charge in [0.25, 0.3) is 0 Å².